The Kier molecular flexibility index (Phi) is 2.82. The molecule has 0 aliphatic heterocycles. The van der Waals surface area contributed by atoms with Crippen LogP contribution < -0.4 is 11.1 Å². The Balaban J connectivity index is 1.77. The fraction of sp³-hybridized carbons (Fsp3) is 1.00. The molecule has 2 fully saturated rings. The highest BCUT2D eigenvalue weighted by atomic mass is 16.5. The standard InChI is InChI=1S/C12H24N2O/c1-11(2)9(7-10(11)15-3)14-8-12(13)5-4-6-12/h9-10,14H,4-8,13H2,1-3H3. The Hall–Kier alpha value is -0.120. The molecule has 2 saturated carbocycles. The average Bonchev–Trinajstić information content (AvgIpc) is 2.13. The van der Waals surface area contributed by atoms with Crippen molar-refractivity contribution in [2.45, 2.75) is 57.2 Å². The second-order valence-corrected chi connectivity index (χ2v) is 5.93. The molecule has 0 heterocycles. The Bertz CT molecular complexity index is 236. The quantitative estimate of drug-likeness (QED) is 0.738. The van der Waals surface area contributed by atoms with Crippen LogP contribution in [0.5, 0.6) is 0 Å². The van der Waals surface area contributed by atoms with Gasteiger partial charge in [0.05, 0.1) is 6.10 Å². The van der Waals surface area contributed by atoms with Crippen molar-refractivity contribution in [1.82, 2.24) is 5.32 Å². The largest absolute Gasteiger partial charge is 0.381 e. The lowest BCUT2D eigenvalue weighted by Crippen LogP contribution is -2.64. The van der Waals surface area contributed by atoms with Crippen molar-refractivity contribution in [2.75, 3.05) is 13.7 Å². The van der Waals surface area contributed by atoms with E-state index >= 15 is 0 Å². The van der Waals surface area contributed by atoms with Gasteiger partial charge in [-0.25, -0.2) is 0 Å². The van der Waals surface area contributed by atoms with Crippen LogP contribution >= 0.6 is 0 Å². The van der Waals surface area contributed by atoms with Crippen molar-refractivity contribution in [2.24, 2.45) is 11.1 Å². The van der Waals surface area contributed by atoms with Gasteiger partial charge >= 0.3 is 0 Å². The van der Waals surface area contributed by atoms with Gasteiger partial charge in [0.1, 0.15) is 0 Å². The molecular weight excluding hydrogens is 188 g/mol. The van der Waals surface area contributed by atoms with Crippen molar-refractivity contribution in [3.05, 3.63) is 0 Å². The fourth-order valence-electron chi connectivity index (χ4n) is 2.77. The summed E-state index contributed by atoms with van der Waals surface area (Å²) in [6, 6.07) is 0.573. The average molecular weight is 212 g/mol. The Morgan fingerprint density at radius 3 is 2.47 bits per heavy atom. The normalized spacial score (nSPS) is 36.8. The number of ether oxygens (including phenoxy) is 1. The molecule has 0 aromatic rings. The number of hydrogen-bond acceptors (Lipinski definition) is 3. The molecule has 15 heavy (non-hydrogen) atoms. The van der Waals surface area contributed by atoms with Gasteiger partial charge in [-0.1, -0.05) is 13.8 Å². The molecule has 0 saturated heterocycles. The van der Waals surface area contributed by atoms with Crippen LogP contribution in [-0.4, -0.2) is 31.3 Å². The van der Waals surface area contributed by atoms with Gasteiger partial charge in [-0.15, -0.1) is 0 Å². The maximum absolute atomic E-state index is 6.19. The van der Waals surface area contributed by atoms with Crippen LogP contribution in [0.3, 0.4) is 0 Å². The first kappa shape index (κ1) is 11.4. The van der Waals surface area contributed by atoms with Gasteiger partial charge in [0.25, 0.3) is 0 Å². The van der Waals surface area contributed by atoms with Gasteiger partial charge in [-0.3, -0.25) is 0 Å². The van der Waals surface area contributed by atoms with Crippen LogP contribution in [0, 0.1) is 5.41 Å². The molecule has 2 atom stereocenters. The summed E-state index contributed by atoms with van der Waals surface area (Å²) in [5.74, 6) is 0. The molecule has 2 unspecified atom stereocenters. The topological polar surface area (TPSA) is 47.3 Å². The lowest BCUT2D eigenvalue weighted by atomic mass is 9.64. The van der Waals surface area contributed by atoms with E-state index in [9.17, 15) is 0 Å². The van der Waals surface area contributed by atoms with Gasteiger partial charge in [0, 0.05) is 30.7 Å². The van der Waals surface area contributed by atoms with E-state index in [4.69, 9.17) is 10.5 Å². The highest BCUT2D eigenvalue weighted by Crippen LogP contribution is 2.42. The van der Waals surface area contributed by atoms with Crippen LogP contribution in [0.1, 0.15) is 39.5 Å². The molecule has 2 aliphatic carbocycles. The zero-order valence-corrected chi connectivity index (χ0v) is 10.2. The summed E-state index contributed by atoms with van der Waals surface area (Å²) in [6.07, 6.45) is 5.19. The minimum Gasteiger partial charge on any atom is -0.381 e. The first-order valence-electron chi connectivity index (χ1n) is 6.03. The maximum atomic E-state index is 6.19. The van der Waals surface area contributed by atoms with Crippen LogP contribution in [0.2, 0.25) is 0 Å². The lowest BCUT2D eigenvalue weighted by molar-refractivity contribution is -0.0990. The first-order valence-corrected chi connectivity index (χ1v) is 6.03. The van der Waals surface area contributed by atoms with E-state index in [1.165, 1.54) is 19.3 Å². The molecule has 0 radical (unpaired) electrons. The van der Waals surface area contributed by atoms with Crippen molar-refractivity contribution in [1.29, 1.82) is 0 Å². The van der Waals surface area contributed by atoms with E-state index in [0.29, 0.717) is 12.1 Å². The molecule has 0 amide bonds. The van der Waals surface area contributed by atoms with E-state index in [2.05, 4.69) is 19.2 Å². The highest BCUT2D eigenvalue weighted by Gasteiger charge is 2.49. The van der Waals surface area contributed by atoms with E-state index < -0.39 is 0 Å². The highest BCUT2D eigenvalue weighted by molar-refractivity contribution is 5.04. The number of nitrogens with two attached hydrogens (primary N) is 1. The molecule has 0 aromatic heterocycles. The predicted molar refractivity (Wildman–Crippen MR) is 61.8 cm³/mol. The first-order chi connectivity index (χ1) is 6.98. The van der Waals surface area contributed by atoms with Crippen LogP contribution in [0.15, 0.2) is 0 Å². The van der Waals surface area contributed by atoms with E-state index in [0.717, 1.165) is 13.0 Å². The third-order valence-corrected chi connectivity index (χ3v) is 4.51. The van der Waals surface area contributed by atoms with Crippen LogP contribution in [0.25, 0.3) is 0 Å². The van der Waals surface area contributed by atoms with Crippen molar-refractivity contribution >= 4 is 0 Å². The smallest absolute Gasteiger partial charge is 0.0652 e. The second-order valence-electron chi connectivity index (χ2n) is 5.93. The zero-order valence-electron chi connectivity index (χ0n) is 10.2. The predicted octanol–water partition coefficient (Wildman–Crippen LogP) is 1.27. The summed E-state index contributed by atoms with van der Waals surface area (Å²) in [4.78, 5) is 0. The molecule has 2 aliphatic rings. The van der Waals surface area contributed by atoms with E-state index in [-0.39, 0.29) is 11.0 Å². The van der Waals surface area contributed by atoms with Crippen molar-refractivity contribution in [3.8, 4) is 0 Å². The molecule has 3 heteroatoms. The summed E-state index contributed by atoms with van der Waals surface area (Å²) in [6.45, 7) is 5.51. The van der Waals surface area contributed by atoms with Gasteiger partial charge in [-0.2, -0.15) is 0 Å². The third kappa shape index (κ3) is 1.93. The summed E-state index contributed by atoms with van der Waals surface area (Å²) in [5, 5.41) is 3.61. The number of rotatable bonds is 4. The van der Waals surface area contributed by atoms with Gasteiger partial charge < -0.3 is 15.8 Å². The monoisotopic (exact) mass is 212 g/mol. The molecule has 3 nitrogen and oxygen atoms in total. The fourth-order valence-corrected chi connectivity index (χ4v) is 2.77. The number of nitrogens with one attached hydrogen (secondary N) is 1. The maximum Gasteiger partial charge on any atom is 0.0652 e. The SMILES string of the molecule is COC1CC(NCC2(N)CCC2)C1(C)C. The summed E-state index contributed by atoms with van der Waals surface area (Å²) in [7, 11) is 1.80. The molecule has 0 bridgehead atoms. The Morgan fingerprint density at radius 1 is 1.40 bits per heavy atom. The minimum atomic E-state index is 0.0915. The van der Waals surface area contributed by atoms with Gasteiger partial charge in [-0.05, 0) is 25.7 Å². The van der Waals surface area contributed by atoms with Gasteiger partial charge in [0.2, 0.25) is 0 Å². The van der Waals surface area contributed by atoms with Gasteiger partial charge in [0.15, 0.2) is 0 Å². The number of methoxy groups -OCH3 is 1. The molecule has 3 N–H and O–H groups in total. The Morgan fingerprint density at radius 2 is 2.07 bits per heavy atom. The Labute approximate surface area is 92.7 Å². The zero-order chi connectivity index (χ0) is 11.1. The van der Waals surface area contributed by atoms with Crippen molar-refractivity contribution in [3.63, 3.8) is 0 Å². The van der Waals surface area contributed by atoms with E-state index in [1.54, 1.807) is 7.11 Å². The summed E-state index contributed by atoms with van der Waals surface area (Å²) >= 11 is 0. The number of hydrogen-bond donors (Lipinski definition) is 2. The summed E-state index contributed by atoms with van der Waals surface area (Å²) in [5.41, 5.74) is 6.54. The second kappa shape index (κ2) is 3.72. The lowest BCUT2D eigenvalue weighted by Gasteiger charge is -2.53. The third-order valence-electron chi connectivity index (χ3n) is 4.51. The molecule has 2 rings (SSSR count). The summed E-state index contributed by atoms with van der Waals surface area (Å²) < 4.78 is 5.43. The molecule has 88 valence electrons. The minimum absolute atomic E-state index is 0.0915. The van der Waals surface area contributed by atoms with E-state index in [1.807, 2.05) is 0 Å². The van der Waals surface area contributed by atoms with Crippen molar-refractivity contribution < 1.29 is 4.74 Å². The molecular formula is C12H24N2O. The molecule has 0 aromatic carbocycles. The van der Waals surface area contributed by atoms with Crippen LogP contribution in [-0.2, 0) is 4.74 Å². The molecule has 0 spiro atoms. The van der Waals surface area contributed by atoms with Crippen LogP contribution in [0.4, 0.5) is 0 Å².